The van der Waals surface area contributed by atoms with Crippen LogP contribution < -0.4 is 27.4 Å². The number of aliphatic imine (C=N–C) groups is 1. The Balaban J connectivity index is 5.10. The van der Waals surface area contributed by atoms with Gasteiger partial charge in [-0.25, -0.2) is 0 Å². The number of nitrogens with zero attached hydrogens (tertiary/aromatic N) is 1. The molecule has 0 fully saturated rings. The summed E-state index contributed by atoms with van der Waals surface area (Å²) in [4.78, 5) is 52.1. The third kappa shape index (κ3) is 12.7. The van der Waals surface area contributed by atoms with Gasteiger partial charge in [0.1, 0.15) is 18.4 Å². The molecule has 0 saturated carbocycles. The van der Waals surface area contributed by atoms with E-state index in [-0.39, 0.29) is 23.7 Å². The van der Waals surface area contributed by atoms with E-state index in [2.05, 4.69) is 20.9 Å². The van der Waals surface area contributed by atoms with Crippen LogP contribution in [-0.4, -0.2) is 54.6 Å². The van der Waals surface area contributed by atoms with Crippen molar-refractivity contribution < 1.29 is 19.2 Å². The number of hydrogen-bond acceptors (Lipinski definition) is 5. The molecule has 0 aliphatic rings. The highest BCUT2D eigenvalue weighted by atomic mass is 16.2. The van der Waals surface area contributed by atoms with Gasteiger partial charge in [-0.05, 0) is 37.5 Å². The standard InChI is InChI=1S/C20H38N6O4/c1-12(2)9-16(24-14(5)28)19(30)26-17(10-13(3)4)18(29)25-15(11-27)7-6-8-23-20(21)22/h11-13,15-17H,6-10H2,1-5H3,(H,24,28)(H,25,29)(H,26,30)(H4,21,22,23)/t15?,16-,17-/m0/s1. The summed E-state index contributed by atoms with van der Waals surface area (Å²) in [7, 11) is 0. The third-order valence-corrected chi connectivity index (χ3v) is 4.20. The molecule has 3 atom stereocenters. The Kier molecular flexibility index (Phi) is 13.1. The average molecular weight is 427 g/mol. The molecule has 0 radical (unpaired) electrons. The molecule has 0 aromatic rings. The van der Waals surface area contributed by atoms with E-state index in [1.54, 1.807) is 0 Å². The molecule has 7 N–H and O–H groups in total. The Labute approximate surface area is 179 Å². The highest BCUT2D eigenvalue weighted by Gasteiger charge is 2.28. The second-order valence-electron chi connectivity index (χ2n) is 8.27. The number of rotatable bonds is 14. The van der Waals surface area contributed by atoms with Gasteiger partial charge in [-0.2, -0.15) is 0 Å². The summed E-state index contributed by atoms with van der Waals surface area (Å²) in [6.07, 6.45) is 2.38. The number of nitrogens with one attached hydrogen (secondary N) is 3. The zero-order valence-corrected chi connectivity index (χ0v) is 18.7. The molecule has 10 nitrogen and oxygen atoms in total. The van der Waals surface area contributed by atoms with Crippen LogP contribution in [0.2, 0.25) is 0 Å². The number of amides is 3. The van der Waals surface area contributed by atoms with E-state index in [0.717, 1.165) is 0 Å². The van der Waals surface area contributed by atoms with Crippen molar-refractivity contribution in [3.05, 3.63) is 0 Å². The first-order valence-electron chi connectivity index (χ1n) is 10.3. The van der Waals surface area contributed by atoms with Crippen molar-refractivity contribution in [2.45, 2.75) is 78.4 Å². The number of carbonyl (C=O) groups excluding carboxylic acids is 4. The van der Waals surface area contributed by atoms with Gasteiger partial charge in [-0.15, -0.1) is 0 Å². The van der Waals surface area contributed by atoms with Gasteiger partial charge in [0.05, 0.1) is 6.04 Å². The third-order valence-electron chi connectivity index (χ3n) is 4.20. The van der Waals surface area contributed by atoms with Crippen LogP contribution in [-0.2, 0) is 19.2 Å². The van der Waals surface area contributed by atoms with Gasteiger partial charge in [0.2, 0.25) is 17.7 Å². The molecule has 0 rings (SSSR count). The molecule has 0 aliphatic heterocycles. The minimum atomic E-state index is -0.818. The highest BCUT2D eigenvalue weighted by Crippen LogP contribution is 2.09. The van der Waals surface area contributed by atoms with Crippen LogP contribution >= 0.6 is 0 Å². The Morgan fingerprint density at radius 1 is 0.900 bits per heavy atom. The molecule has 172 valence electrons. The molecule has 10 heteroatoms. The Bertz CT molecular complexity index is 602. The molecule has 0 heterocycles. The highest BCUT2D eigenvalue weighted by molar-refractivity contribution is 5.92. The van der Waals surface area contributed by atoms with Crippen molar-refractivity contribution in [3.8, 4) is 0 Å². The van der Waals surface area contributed by atoms with Crippen molar-refractivity contribution in [1.82, 2.24) is 16.0 Å². The van der Waals surface area contributed by atoms with E-state index in [9.17, 15) is 19.2 Å². The maximum atomic E-state index is 12.8. The monoisotopic (exact) mass is 426 g/mol. The fourth-order valence-electron chi connectivity index (χ4n) is 2.90. The Hall–Kier alpha value is -2.65. The first-order chi connectivity index (χ1) is 14.0. The second kappa shape index (κ2) is 14.4. The maximum Gasteiger partial charge on any atom is 0.243 e. The predicted molar refractivity (Wildman–Crippen MR) is 116 cm³/mol. The Morgan fingerprint density at radius 3 is 1.83 bits per heavy atom. The van der Waals surface area contributed by atoms with Gasteiger partial charge < -0.3 is 32.2 Å². The maximum absolute atomic E-state index is 12.8. The van der Waals surface area contributed by atoms with Crippen molar-refractivity contribution >= 4 is 30.0 Å². The molecule has 0 aromatic heterocycles. The van der Waals surface area contributed by atoms with Crippen molar-refractivity contribution in [3.63, 3.8) is 0 Å². The van der Waals surface area contributed by atoms with Gasteiger partial charge in [0, 0.05) is 13.5 Å². The summed E-state index contributed by atoms with van der Waals surface area (Å²) < 4.78 is 0. The molecule has 1 unspecified atom stereocenters. The predicted octanol–water partition coefficient (Wildman–Crippen LogP) is -0.195. The van der Waals surface area contributed by atoms with E-state index in [1.807, 2.05) is 27.7 Å². The molecule has 30 heavy (non-hydrogen) atoms. The number of hydrogen-bond donors (Lipinski definition) is 5. The quantitative estimate of drug-likeness (QED) is 0.112. The van der Waals surface area contributed by atoms with E-state index in [4.69, 9.17) is 11.5 Å². The van der Waals surface area contributed by atoms with Crippen LogP contribution in [0.3, 0.4) is 0 Å². The fourth-order valence-corrected chi connectivity index (χ4v) is 2.90. The van der Waals surface area contributed by atoms with Gasteiger partial charge in [-0.1, -0.05) is 27.7 Å². The first kappa shape index (κ1) is 27.4. The molecule has 3 amide bonds. The molecule has 0 spiro atoms. The van der Waals surface area contributed by atoms with Crippen LogP contribution in [0.1, 0.15) is 60.3 Å². The number of aldehydes is 1. The van der Waals surface area contributed by atoms with Crippen LogP contribution in [0.4, 0.5) is 0 Å². The number of carbonyl (C=O) groups is 4. The zero-order chi connectivity index (χ0) is 23.3. The van der Waals surface area contributed by atoms with E-state index < -0.39 is 29.9 Å². The van der Waals surface area contributed by atoms with Crippen molar-refractivity contribution in [1.29, 1.82) is 0 Å². The minimum Gasteiger partial charge on any atom is -0.370 e. The lowest BCUT2D eigenvalue weighted by Gasteiger charge is -2.25. The average Bonchev–Trinajstić information content (AvgIpc) is 2.61. The summed E-state index contributed by atoms with van der Waals surface area (Å²) in [6.45, 7) is 9.43. The molecule has 0 bridgehead atoms. The van der Waals surface area contributed by atoms with Gasteiger partial charge >= 0.3 is 0 Å². The van der Waals surface area contributed by atoms with E-state index >= 15 is 0 Å². The lowest BCUT2D eigenvalue weighted by Crippen LogP contribution is -2.55. The molecular formula is C20H38N6O4. The molecule has 0 saturated heterocycles. The summed E-state index contributed by atoms with van der Waals surface area (Å²) in [5.41, 5.74) is 10.5. The van der Waals surface area contributed by atoms with Gasteiger partial charge in [0.15, 0.2) is 5.96 Å². The van der Waals surface area contributed by atoms with E-state index in [0.29, 0.717) is 38.5 Å². The molecular weight excluding hydrogens is 388 g/mol. The molecule has 0 aliphatic carbocycles. The summed E-state index contributed by atoms with van der Waals surface area (Å²) in [6, 6.07) is -2.26. The van der Waals surface area contributed by atoms with Crippen LogP contribution in [0.15, 0.2) is 4.99 Å². The second-order valence-corrected chi connectivity index (χ2v) is 8.27. The van der Waals surface area contributed by atoms with E-state index in [1.165, 1.54) is 6.92 Å². The SMILES string of the molecule is CC(=O)N[C@@H](CC(C)C)C(=O)N[C@@H](CC(C)C)C(=O)NC(C=O)CCCN=C(N)N. The largest absolute Gasteiger partial charge is 0.370 e. The lowest BCUT2D eigenvalue weighted by atomic mass is 9.99. The fraction of sp³-hybridized carbons (Fsp3) is 0.750. The van der Waals surface area contributed by atoms with Gasteiger partial charge in [-0.3, -0.25) is 19.4 Å². The van der Waals surface area contributed by atoms with Crippen LogP contribution in [0.25, 0.3) is 0 Å². The minimum absolute atomic E-state index is 0.0310. The van der Waals surface area contributed by atoms with Crippen molar-refractivity contribution in [2.24, 2.45) is 28.3 Å². The van der Waals surface area contributed by atoms with Crippen LogP contribution in [0.5, 0.6) is 0 Å². The summed E-state index contributed by atoms with van der Waals surface area (Å²) >= 11 is 0. The number of nitrogens with two attached hydrogens (primary N) is 2. The van der Waals surface area contributed by atoms with Gasteiger partial charge in [0.25, 0.3) is 0 Å². The lowest BCUT2D eigenvalue weighted by molar-refractivity contribution is -0.133. The normalized spacial score (nSPS) is 13.8. The Morgan fingerprint density at radius 2 is 1.40 bits per heavy atom. The van der Waals surface area contributed by atoms with Crippen molar-refractivity contribution in [2.75, 3.05) is 6.54 Å². The first-order valence-corrected chi connectivity index (χ1v) is 10.3. The summed E-state index contributed by atoms with van der Waals surface area (Å²) in [5.74, 6) is -0.909. The zero-order valence-electron chi connectivity index (χ0n) is 18.7. The smallest absolute Gasteiger partial charge is 0.243 e. The molecule has 0 aromatic carbocycles. The summed E-state index contributed by atoms with van der Waals surface area (Å²) in [5, 5.41) is 8.03. The topological polar surface area (TPSA) is 169 Å². The van der Waals surface area contributed by atoms with Crippen LogP contribution in [0, 0.1) is 11.8 Å². The number of guanidine groups is 1.